The first-order valence-corrected chi connectivity index (χ1v) is 7.98. The Morgan fingerprint density at radius 3 is 2.68 bits per heavy atom. The number of alkyl carbamates (subject to hydrolysis) is 1. The fourth-order valence-corrected chi connectivity index (χ4v) is 2.51. The Labute approximate surface area is 133 Å². The largest absolute Gasteiger partial charge is 0.497 e. The topological polar surface area (TPSA) is 47.6 Å². The summed E-state index contributed by atoms with van der Waals surface area (Å²) in [5, 5.41) is 3.03. The van der Waals surface area contributed by atoms with E-state index in [1.54, 1.807) is 7.11 Å². The Kier molecular flexibility index (Phi) is 5.33. The van der Waals surface area contributed by atoms with E-state index in [9.17, 15) is 4.79 Å². The highest BCUT2D eigenvalue weighted by Crippen LogP contribution is 2.34. The minimum atomic E-state index is -0.468. The van der Waals surface area contributed by atoms with Crippen molar-refractivity contribution in [1.82, 2.24) is 5.32 Å². The summed E-state index contributed by atoms with van der Waals surface area (Å²) in [7, 11) is 1.67. The second-order valence-corrected chi connectivity index (χ2v) is 7.08. The average Bonchev–Trinajstić information content (AvgIpc) is 3.20. The summed E-state index contributed by atoms with van der Waals surface area (Å²) in [6.07, 6.45) is 4.01. The molecule has 0 saturated heterocycles. The zero-order valence-corrected chi connectivity index (χ0v) is 14.0. The maximum absolute atomic E-state index is 12.0. The van der Waals surface area contributed by atoms with E-state index in [4.69, 9.17) is 9.47 Å². The van der Waals surface area contributed by atoms with Gasteiger partial charge in [0.1, 0.15) is 11.4 Å². The number of hydrogen-bond donors (Lipinski definition) is 1. The number of ether oxygens (including phenoxy) is 2. The normalized spacial score (nSPS) is 16.0. The second-order valence-electron chi connectivity index (χ2n) is 7.08. The molecule has 1 amide bonds. The third-order valence-corrected chi connectivity index (χ3v) is 3.65. The molecule has 0 aromatic heterocycles. The van der Waals surface area contributed by atoms with E-state index in [-0.39, 0.29) is 12.1 Å². The number of methoxy groups -OCH3 is 1. The second kappa shape index (κ2) is 7.03. The van der Waals surface area contributed by atoms with E-state index >= 15 is 0 Å². The molecule has 22 heavy (non-hydrogen) atoms. The molecule has 1 unspecified atom stereocenters. The third kappa shape index (κ3) is 5.96. The Balaban J connectivity index is 1.97. The van der Waals surface area contributed by atoms with Crippen molar-refractivity contribution < 1.29 is 14.3 Å². The maximum Gasteiger partial charge on any atom is 0.407 e. The van der Waals surface area contributed by atoms with Crippen LogP contribution in [-0.4, -0.2) is 24.8 Å². The summed E-state index contributed by atoms with van der Waals surface area (Å²) >= 11 is 0. The van der Waals surface area contributed by atoms with Crippen molar-refractivity contribution in [2.45, 2.75) is 58.1 Å². The summed E-state index contributed by atoms with van der Waals surface area (Å²) in [5.41, 5.74) is 0.700. The van der Waals surface area contributed by atoms with Gasteiger partial charge in [-0.2, -0.15) is 0 Å². The Hall–Kier alpha value is -1.71. The minimum Gasteiger partial charge on any atom is -0.497 e. The minimum absolute atomic E-state index is 0.106. The molecule has 1 aromatic carbocycles. The summed E-state index contributed by atoms with van der Waals surface area (Å²) < 4.78 is 10.6. The quantitative estimate of drug-likeness (QED) is 0.866. The van der Waals surface area contributed by atoms with Crippen LogP contribution in [0.3, 0.4) is 0 Å². The molecule has 122 valence electrons. The van der Waals surface area contributed by atoms with Gasteiger partial charge < -0.3 is 14.8 Å². The van der Waals surface area contributed by atoms with Crippen LogP contribution in [0, 0.1) is 5.92 Å². The van der Waals surface area contributed by atoms with Gasteiger partial charge in [-0.15, -0.1) is 0 Å². The molecule has 4 nitrogen and oxygen atoms in total. The van der Waals surface area contributed by atoms with Gasteiger partial charge in [0, 0.05) is 6.04 Å². The molecule has 1 atom stereocenters. The predicted molar refractivity (Wildman–Crippen MR) is 87.2 cm³/mol. The van der Waals surface area contributed by atoms with Gasteiger partial charge in [0.15, 0.2) is 0 Å². The lowest BCUT2D eigenvalue weighted by molar-refractivity contribution is 0.0500. The van der Waals surface area contributed by atoms with E-state index in [1.165, 1.54) is 18.4 Å². The van der Waals surface area contributed by atoms with Crippen LogP contribution in [0.25, 0.3) is 0 Å². The van der Waals surface area contributed by atoms with Crippen molar-refractivity contribution in [2.24, 2.45) is 5.92 Å². The average molecular weight is 305 g/mol. The van der Waals surface area contributed by atoms with Crippen LogP contribution in [0.2, 0.25) is 0 Å². The van der Waals surface area contributed by atoms with Gasteiger partial charge in [-0.3, -0.25) is 0 Å². The highest BCUT2D eigenvalue weighted by atomic mass is 16.6. The molecule has 0 radical (unpaired) electrons. The molecule has 4 heteroatoms. The molecule has 1 N–H and O–H groups in total. The van der Waals surface area contributed by atoms with E-state index in [2.05, 4.69) is 11.4 Å². The van der Waals surface area contributed by atoms with Crippen molar-refractivity contribution in [3.63, 3.8) is 0 Å². The predicted octanol–water partition coefficient (Wildman–Crippen LogP) is 3.93. The van der Waals surface area contributed by atoms with E-state index in [1.807, 2.05) is 39.0 Å². The van der Waals surface area contributed by atoms with Crippen molar-refractivity contribution in [2.75, 3.05) is 7.11 Å². The van der Waals surface area contributed by atoms with Crippen LogP contribution in [0.1, 0.15) is 45.6 Å². The first-order chi connectivity index (χ1) is 10.4. The van der Waals surface area contributed by atoms with Gasteiger partial charge in [0.2, 0.25) is 0 Å². The van der Waals surface area contributed by atoms with Crippen molar-refractivity contribution in [1.29, 1.82) is 0 Å². The molecule has 2 rings (SSSR count). The SMILES string of the molecule is COc1cccc(CC(CC2CC2)NC(=O)OC(C)(C)C)c1. The first kappa shape index (κ1) is 16.7. The fourth-order valence-electron chi connectivity index (χ4n) is 2.51. The van der Waals surface area contributed by atoms with Gasteiger partial charge in [0.25, 0.3) is 0 Å². The van der Waals surface area contributed by atoms with E-state index < -0.39 is 5.60 Å². The van der Waals surface area contributed by atoms with Gasteiger partial charge in [-0.25, -0.2) is 4.79 Å². The van der Waals surface area contributed by atoms with E-state index in [0.29, 0.717) is 0 Å². The molecule has 1 aliphatic carbocycles. The van der Waals surface area contributed by atoms with Crippen LogP contribution in [0.5, 0.6) is 5.75 Å². The Morgan fingerprint density at radius 1 is 1.36 bits per heavy atom. The Bertz CT molecular complexity index is 503. The summed E-state index contributed by atoms with van der Waals surface area (Å²) in [4.78, 5) is 12.0. The van der Waals surface area contributed by atoms with Crippen LogP contribution >= 0.6 is 0 Å². The summed E-state index contributed by atoms with van der Waals surface area (Å²) in [6.45, 7) is 5.64. The highest BCUT2D eigenvalue weighted by molar-refractivity contribution is 5.68. The summed E-state index contributed by atoms with van der Waals surface area (Å²) in [5.74, 6) is 1.59. The number of carbonyl (C=O) groups is 1. The molecule has 1 fully saturated rings. The lowest BCUT2D eigenvalue weighted by atomic mass is 10.0. The number of hydrogen-bond acceptors (Lipinski definition) is 3. The zero-order chi connectivity index (χ0) is 16.2. The molecule has 1 aliphatic rings. The maximum atomic E-state index is 12.0. The van der Waals surface area contributed by atoms with Gasteiger partial charge in [-0.05, 0) is 57.2 Å². The number of carbonyl (C=O) groups excluding carboxylic acids is 1. The molecule has 1 saturated carbocycles. The first-order valence-electron chi connectivity index (χ1n) is 7.98. The lowest BCUT2D eigenvalue weighted by Crippen LogP contribution is -2.40. The van der Waals surface area contributed by atoms with Crippen molar-refractivity contribution >= 4 is 6.09 Å². The van der Waals surface area contributed by atoms with Gasteiger partial charge in [-0.1, -0.05) is 25.0 Å². The number of rotatable bonds is 6. The molecular weight excluding hydrogens is 278 g/mol. The number of amides is 1. The third-order valence-electron chi connectivity index (χ3n) is 3.65. The fraction of sp³-hybridized carbons (Fsp3) is 0.611. The molecule has 1 aromatic rings. The number of benzene rings is 1. The monoisotopic (exact) mass is 305 g/mol. The summed E-state index contributed by atoms with van der Waals surface area (Å²) in [6, 6.07) is 8.11. The van der Waals surface area contributed by atoms with Crippen LogP contribution in [-0.2, 0) is 11.2 Å². The van der Waals surface area contributed by atoms with Gasteiger partial charge in [0.05, 0.1) is 7.11 Å². The van der Waals surface area contributed by atoms with Crippen molar-refractivity contribution in [3.05, 3.63) is 29.8 Å². The highest BCUT2D eigenvalue weighted by Gasteiger charge is 2.27. The van der Waals surface area contributed by atoms with Gasteiger partial charge >= 0.3 is 6.09 Å². The molecular formula is C18H27NO3. The molecule has 0 spiro atoms. The number of nitrogens with one attached hydrogen (secondary N) is 1. The van der Waals surface area contributed by atoms with Crippen LogP contribution in [0.4, 0.5) is 4.79 Å². The van der Waals surface area contributed by atoms with Crippen molar-refractivity contribution in [3.8, 4) is 5.75 Å². The molecule has 0 bridgehead atoms. The Morgan fingerprint density at radius 2 is 2.09 bits per heavy atom. The van der Waals surface area contributed by atoms with Crippen LogP contribution < -0.4 is 10.1 Å². The standard InChI is InChI=1S/C18H27NO3/c1-18(2,3)22-17(20)19-15(10-13-8-9-13)11-14-6-5-7-16(12-14)21-4/h5-7,12-13,15H,8-11H2,1-4H3,(H,19,20). The molecule has 0 heterocycles. The lowest BCUT2D eigenvalue weighted by Gasteiger charge is -2.24. The smallest absolute Gasteiger partial charge is 0.407 e. The van der Waals surface area contributed by atoms with Crippen LogP contribution in [0.15, 0.2) is 24.3 Å². The zero-order valence-electron chi connectivity index (χ0n) is 14.0. The van der Waals surface area contributed by atoms with E-state index in [0.717, 1.165) is 24.5 Å². The molecule has 0 aliphatic heterocycles.